The standard InChI is InChI=1S/C28H43N3O.C24H37N3O2.C23H37N3O2/c1-19(28-16-20-13-21(17-28)15-22(14-20)18-28)29-27(32)12-11-25-24-9-5-6-10-26(24)31(30-25)23-7-3-2-4-8-23;28-15-20-16-10-11-17(14-16)24(20)25-23(29)13-12-21-19-8-4-5-9-22(19)27(26-21)18-6-2-1-3-7-18;27-16-17-8-4-6-12-20(17)24-23(28)15-14-21-19-11-5-7-13-22(19)26(25-21)18-9-2-1-3-10-18/h19-23H,2-18H2,1H3,(H,29,32);16-18,20,24,28H,1-15H2,(H,25,29);17-18,20,27H,1-16H2,(H,24,28)/t;16?,17?,20-,24+;17-,20+/m.00/s1. The van der Waals surface area contributed by atoms with Crippen molar-refractivity contribution in [3.05, 3.63) is 50.9 Å². The number of carbonyl (C=O) groups excluding carboxylic acids is 3. The first-order chi connectivity index (χ1) is 43.6. The van der Waals surface area contributed by atoms with Crippen LogP contribution in [0.2, 0.25) is 0 Å². The maximum atomic E-state index is 13.1. The number of amides is 3. The third-order valence-corrected chi connectivity index (χ3v) is 25.9. The molecular weight excluding hydrogens is 1110 g/mol. The van der Waals surface area contributed by atoms with Crippen LogP contribution in [0.5, 0.6) is 0 Å². The number of nitrogens with zero attached hydrogens (tertiary/aromatic N) is 6. The summed E-state index contributed by atoms with van der Waals surface area (Å²) >= 11 is 0. The molecule has 10 fully saturated rings. The van der Waals surface area contributed by atoms with Crippen LogP contribution in [0.25, 0.3) is 0 Å². The normalized spacial score (nSPS) is 31.1. The van der Waals surface area contributed by atoms with Crippen LogP contribution < -0.4 is 16.0 Å². The van der Waals surface area contributed by atoms with Gasteiger partial charge in [0.1, 0.15) is 0 Å². The topological polar surface area (TPSA) is 181 Å². The van der Waals surface area contributed by atoms with Crippen molar-refractivity contribution < 1.29 is 24.6 Å². The molecule has 14 heteroatoms. The van der Waals surface area contributed by atoms with Gasteiger partial charge in [-0.3, -0.25) is 28.4 Å². The Hall–Kier alpha value is -4.04. The van der Waals surface area contributed by atoms with Crippen molar-refractivity contribution in [2.24, 2.45) is 46.8 Å². The van der Waals surface area contributed by atoms with E-state index in [1.807, 2.05) is 0 Å². The number of nitrogens with one attached hydrogen (secondary N) is 3. The molecule has 14 nitrogen and oxygen atoms in total. The average molecular weight is 1220 g/mol. The van der Waals surface area contributed by atoms with Crippen LogP contribution in [0.3, 0.4) is 0 Å². The van der Waals surface area contributed by atoms with Gasteiger partial charge in [0.05, 0.1) is 35.2 Å². The fourth-order valence-electron chi connectivity index (χ4n) is 21.5. The number of fused-ring (bicyclic) bond motifs is 5. The smallest absolute Gasteiger partial charge is 0.220 e. The lowest BCUT2D eigenvalue weighted by Gasteiger charge is -2.59. The van der Waals surface area contributed by atoms with Crippen molar-refractivity contribution in [1.29, 1.82) is 0 Å². The van der Waals surface area contributed by atoms with E-state index in [0.29, 0.717) is 60.7 Å². The number of aryl methyl sites for hydroxylation is 3. The molecule has 0 radical (unpaired) electrons. The van der Waals surface area contributed by atoms with Gasteiger partial charge in [0, 0.05) is 98.8 Å². The summed E-state index contributed by atoms with van der Waals surface area (Å²) in [5.41, 5.74) is 12.9. The Morgan fingerprint density at radius 3 is 1.31 bits per heavy atom. The van der Waals surface area contributed by atoms with Crippen LogP contribution in [0.4, 0.5) is 0 Å². The van der Waals surface area contributed by atoms with Gasteiger partial charge in [-0.05, 0) is 245 Å². The largest absolute Gasteiger partial charge is 0.396 e. The minimum absolute atomic E-state index is 0.127. The molecule has 492 valence electrons. The molecule has 7 atom stereocenters. The summed E-state index contributed by atoms with van der Waals surface area (Å²) in [6.45, 7) is 2.71. The molecule has 0 spiro atoms. The van der Waals surface area contributed by atoms with Crippen molar-refractivity contribution in [1.82, 2.24) is 45.3 Å². The highest BCUT2D eigenvalue weighted by Gasteiger charge is 2.53. The molecule has 89 heavy (non-hydrogen) atoms. The second kappa shape index (κ2) is 29.5. The number of hydrogen-bond donors (Lipinski definition) is 5. The van der Waals surface area contributed by atoms with E-state index in [0.717, 1.165) is 82.0 Å². The first-order valence-electron chi connectivity index (χ1n) is 38.0. The van der Waals surface area contributed by atoms with E-state index in [4.69, 9.17) is 15.3 Å². The minimum atomic E-state index is 0.127. The first-order valence-corrected chi connectivity index (χ1v) is 38.0. The second-order valence-corrected chi connectivity index (χ2v) is 31.7. The summed E-state index contributed by atoms with van der Waals surface area (Å²) in [4.78, 5) is 38.4. The molecule has 13 aliphatic carbocycles. The van der Waals surface area contributed by atoms with Crippen molar-refractivity contribution in [3.63, 3.8) is 0 Å². The number of aliphatic hydroxyl groups is 2. The molecule has 13 aliphatic rings. The van der Waals surface area contributed by atoms with E-state index in [2.05, 4.69) is 36.9 Å². The van der Waals surface area contributed by atoms with Gasteiger partial charge in [-0.15, -0.1) is 0 Å². The summed E-state index contributed by atoms with van der Waals surface area (Å²) < 4.78 is 7.15. The second-order valence-electron chi connectivity index (χ2n) is 31.7. The highest BCUT2D eigenvalue weighted by molar-refractivity contribution is 5.77. The molecule has 0 saturated heterocycles. The van der Waals surface area contributed by atoms with E-state index in [-0.39, 0.29) is 54.9 Å². The quantitative estimate of drug-likeness (QED) is 0.0834. The van der Waals surface area contributed by atoms with E-state index < -0.39 is 0 Å². The Morgan fingerprint density at radius 1 is 0.461 bits per heavy atom. The lowest BCUT2D eigenvalue weighted by atomic mass is 9.48. The monoisotopic (exact) mass is 1220 g/mol. The van der Waals surface area contributed by atoms with Crippen LogP contribution in [0, 0.1) is 46.8 Å². The maximum absolute atomic E-state index is 13.1. The van der Waals surface area contributed by atoms with Crippen molar-refractivity contribution in [2.75, 3.05) is 13.2 Å². The number of hydrogen-bond acceptors (Lipinski definition) is 8. The van der Waals surface area contributed by atoms with Gasteiger partial charge in [-0.2, -0.15) is 15.3 Å². The van der Waals surface area contributed by atoms with Gasteiger partial charge in [-0.25, -0.2) is 0 Å². The summed E-state index contributed by atoms with van der Waals surface area (Å²) in [6, 6.07) is 2.44. The highest BCUT2D eigenvalue weighted by atomic mass is 16.3. The van der Waals surface area contributed by atoms with E-state index in [9.17, 15) is 24.6 Å². The number of rotatable bonds is 18. The number of carbonyl (C=O) groups is 3. The maximum Gasteiger partial charge on any atom is 0.220 e. The molecule has 3 heterocycles. The summed E-state index contributed by atoms with van der Waals surface area (Å²) in [6.07, 6.45) is 54.8. The molecule has 6 bridgehead atoms. The fraction of sp³-hybridized carbons (Fsp3) is 0.840. The van der Waals surface area contributed by atoms with Gasteiger partial charge >= 0.3 is 0 Å². The molecular formula is C75H117N9O5. The zero-order chi connectivity index (χ0) is 60.8. The molecule has 3 amide bonds. The van der Waals surface area contributed by atoms with Gasteiger partial charge < -0.3 is 26.2 Å². The zero-order valence-corrected chi connectivity index (χ0v) is 55.2. The van der Waals surface area contributed by atoms with Crippen LogP contribution in [-0.2, 0) is 72.2 Å². The van der Waals surface area contributed by atoms with Crippen LogP contribution in [0.15, 0.2) is 0 Å². The molecule has 16 rings (SSSR count). The minimum Gasteiger partial charge on any atom is -0.396 e. The summed E-state index contributed by atoms with van der Waals surface area (Å²) in [5, 5.41) is 44.6. The van der Waals surface area contributed by atoms with Crippen LogP contribution >= 0.6 is 0 Å². The van der Waals surface area contributed by atoms with Gasteiger partial charge in [-0.1, -0.05) is 70.6 Å². The third kappa shape index (κ3) is 14.5. The van der Waals surface area contributed by atoms with Gasteiger partial charge in [0.15, 0.2) is 0 Å². The predicted molar refractivity (Wildman–Crippen MR) is 350 cm³/mol. The van der Waals surface area contributed by atoms with Crippen LogP contribution in [-0.4, -0.2) is 88.6 Å². The summed E-state index contributed by atoms with van der Waals surface area (Å²) in [7, 11) is 0. The summed E-state index contributed by atoms with van der Waals surface area (Å²) in [5.74, 6) is 5.06. The Morgan fingerprint density at radius 2 is 0.865 bits per heavy atom. The molecule has 10 saturated carbocycles. The van der Waals surface area contributed by atoms with Crippen molar-refractivity contribution >= 4 is 17.7 Å². The Kier molecular flexibility index (Phi) is 21.1. The van der Waals surface area contributed by atoms with Gasteiger partial charge in [0.2, 0.25) is 17.7 Å². The molecule has 5 N–H and O–H groups in total. The van der Waals surface area contributed by atoms with E-state index in [1.54, 1.807) is 0 Å². The van der Waals surface area contributed by atoms with Crippen molar-refractivity contribution in [2.45, 2.75) is 339 Å². The Balaban J connectivity index is 0.000000123. The first kappa shape index (κ1) is 63.7. The Labute approximate surface area is 534 Å². The SMILES string of the molecule is CC(NC(=O)CCc1nn(C2CCCCC2)c2c1CCCC2)C12CC3CC(CC(C3)C1)C2.O=C(CCc1nn(C2CCCCC2)c2c1CCCC2)N[C@@H]1C2CCC(C2)[C@@H]1CO.O=C(CCc1nn(C2CCCCC2)c2c1CCCC2)N[C@@H]1CCCC[C@H]1CO. The fourth-order valence-corrected chi connectivity index (χ4v) is 21.5. The number of aromatic nitrogens is 6. The van der Waals surface area contributed by atoms with E-state index >= 15 is 0 Å². The zero-order valence-electron chi connectivity index (χ0n) is 55.2. The Bertz CT molecular complexity index is 2810. The number of aliphatic hydroxyl groups excluding tert-OH is 2. The molecule has 0 aromatic carbocycles. The molecule has 3 unspecified atom stereocenters. The molecule has 3 aromatic rings. The van der Waals surface area contributed by atoms with Crippen LogP contribution in [0.1, 0.15) is 313 Å². The van der Waals surface area contributed by atoms with Crippen molar-refractivity contribution in [3.8, 4) is 0 Å². The molecule has 0 aliphatic heterocycles. The van der Waals surface area contributed by atoms with Gasteiger partial charge in [0.25, 0.3) is 0 Å². The lowest BCUT2D eigenvalue weighted by Crippen LogP contribution is -2.55. The third-order valence-electron chi connectivity index (χ3n) is 25.9. The molecule has 3 aromatic heterocycles. The lowest BCUT2D eigenvalue weighted by molar-refractivity contribution is -0.126. The highest BCUT2D eigenvalue weighted by Crippen LogP contribution is 2.61. The van der Waals surface area contributed by atoms with E-state index in [1.165, 1.54) is 263 Å². The predicted octanol–water partition coefficient (Wildman–Crippen LogP) is 13.5. The average Bonchev–Trinajstić information content (AvgIpc) is 1.89.